The van der Waals surface area contributed by atoms with E-state index < -0.39 is 0 Å². The van der Waals surface area contributed by atoms with Crippen molar-refractivity contribution >= 4 is 0 Å². The van der Waals surface area contributed by atoms with Crippen molar-refractivity contribution in [2.75, 3.05) is 0 Å². The molecule has 2 rings (SSSR count). The van der Waals surface area contributed by atoms with E-state index in [9.17, 15) is 0 Å². The van der Waals surface area contributed by atoms with Gasteiger partial charge in [0.2, 0.25) is 0 Å². The van der Waals surface area contributed by atoms with Crippen LogP contribution in [0.4, 0.5) is 0 Å². The number of hydrogen-bond donors (Lipinski definition) is 1. The molecule has 1 saturated carbocycles. The average Bonchev–Trinajstić information content (AvgIpc) is 2.51. The lowest BCUT2D eigenvalue weighted by molar-refractivity contribution is 0.222. The number of nitrogens with zero attached hydrogens (tertiary/aromatic N) is 4. The van der Waals surface area contributed by atoms with E-state index in [1.54, 1.807) is 4.68 Å². The highest BCUT2D eigenvalue weighted by Crippen LogP contribution is 2.36. The third-order valence-corrected chi connectivity index (χ3v) is 3.10. The van der Waals surface area contributed by atoms with E-state index >= 15 is 0 Å². The fourth-order valence-electron chi connectivity index (χ4n) is 2.45. The van der Waals surface area contributed by atoms with Crippen LogP contribution in [-0.4, -0.2) is 20.2 Å². The molecule has 0 aliphatic heterocycles. The van der Waals surface area contributed by atoms with E-state index in [0.717, 1.165) is 18.7 Å². The van der Waals surface area contributed by atoms with Crippen molar-refractivity contribution < 1.29 is 0 Å². The first-order chi connectivity index (χ1) is 6.62. The van der Waals surface area contributed by atoms with Crippen LogP contribution in [0.1, 0.15) is 38.4 Å². The summed E-state index contributed by atoms with van der Waals surface area (Å²) >= 11 is 0. The number of hydrogen-bond acceptors (Lipinski definition) is 4. The fourth-order valence-corrected chi connectivity index (χ4v) is 2.45. The zero-order chi connectivity index (χ0) is 10.2. The summed E-state index contributed by atoms with van der Waals surface area (Å²) in [7, 11) is 1.85. The van der Waals surface area contributed by atoms with Crippen molar-refractivity contribution in [2.24, 2.45) is 18.7 Å². The van der Waals surface area contributed by atoms with E-state index in [4.69, 9.17) is 5.73 Å². The first kappa shape index (κ1) is 9.58. The molecule has 2 atom stereocenters. The molecule has 0 bridgehead atoms. The number of nitrogens with two attached hydrogens (primary N) is 1. The fraction of sp³-hybridized carbons (Fsp3) is 0.889. The van der Waals surface area contributed by atoms with E-state index in [1.165, 1.54) is 12.8 Å². The van der Waals surface area contributed by atoms with Gasteiger partial charge in [-0.3, -0.25) is 0 Å². The van der Waals surface area contributed by atoms with Crippen molar-refractivity contribution in [3.63, 3.8) is 0 Å². The predicted octanol–water partition coefficient (Wildman–Crippen LogP) is 0.574. The number of aromatic nitrogens is 4. The maximum absolute atomic E-state index is 6.35. The summed E-state index contributed by atoms with van der Waals surface area (Å²) in [5, 5.41) is 11.5. The highest BCUT2D eigenvalue weighted by molar-refractivity contribution is 5.05. The molecule has 0 aromatic carbocycles. The maximum atomic E-state index is 6.35. The predicted molar refractivity (Wildman–Crippen MR) is 52.3 cm³/mol. The van der Waals surface area contributed by atoms with E-state index in [1.807, 2.05) is 7.05 Å². The molecule has 0 saturated heterocycles. The lowest BCUT2D eigenvalue weighted by Gasteiger charge is -2.35. The molecular formula is C9H17N5. The third kappa shape index (κ3) is 1.52. The van der Waals surface area contributed by atoms with Gasteiger partial charge in [-0.05, 0) is 29.2 Å². The summed E-state index contributed by atoms with van der Waals surface area (Å²) in [4.78, 5) is 0. The Hall–Kier alpha value is -0.970. The van der Waals surface area contributed by atoms with Gasteiger partial charge in [-0.25, -0.2) is 4.68 Å². The number of tetrazole rings is 1. The minimum absolute atomic E-state index is 0.310. The van der Waals surface area contributed by atoms with Gasteiger partial charge in [0.1, 0.15) is 0 Å². The van der Waals surface area contributed by atoms with Gasteiger partial charge in [0.15, 0.2) is 5.82 Å². The van der Waals surface area contributed by atoms with Crippen LogP contribution in [0.5, 0.6) is 0 Å². The zero-order valence-corrected chi connectivity index (χ0v) is 8.77. The van der Waals surface area contributed by atoms with Gasteiger partial charge in [0.05, 0.1) is 5.54 Å². The Kier molecular flexibility index (Phi) is 2.26. The standard InChI is InChI=1S/C9H17N5/c1-7-4-3-5-9(10,6-7)8-11-12-13-14(8)2/h7H,3-6,10H2,1-2H3. The first-order valence-electron chi connectivity index (χ1n) is 5.13. The molecule has 5 nitrogen and oxygen atoms in total. The van der Waals surface area contributed by atoms with Crippen LogP contribution in [-0.2, 0) is 12.6 Å². The molecule has 78 valence electrons. The van der Waals surface area contributed by atoms with E-state index in [2.05, 4.69) is 22.4 Å². The highest BCUT2D eigenvalue weighted by atomic mass is 15.5. The monoisotopic (exact) mass is 195 g/mol. The SMILES string of the molecule is CC1CCCC(N)(c2nnnn2C)C1. The number of rotatable bonds is 1. The van der Waals surface area contributed by atoms with Gasteiger partial charge in [-0.1, -0.05) is 19.8 Å². The molecule has 1 aliphatic rings. The van der Waals surface area contributed by atoms with Crippen molar-refractivity contribution in [2.45, 2.75) is 38.1 Å². The molecule has 1 aliphatic carbocycles. The minimum Gasteiger partial charge on any atom is -0.319 e. The summed E-state index contributed by atoms with van der Waals surface area (Å²) < 4.78 is 1.69. The first-order valence-corrected chi connectivity index (χ1v) is 5.13. The van der Waals surface area contributed by atoms with Gasteiger partial charge in [0.25, 0.3) is 0 Å². The summed E-state index contributed by atoms with van der Waals surface area (Å²) in [6.07, 6.45) is 4.42. The van der Waals surface area contributed by atoms with Gasteiger partial charge in [-0.15, -0.1) is 5.10 Å². The van der Waals surface area contributed by atoms with Gasteiger partial charge >= 0.3 is 0 Å². The second kappa shape index (κ2) is 3.31. The van der Waals surface area contributed by atoms with Crippen molar-refractivity contribution in [3.05, 3.63) is 5.82 Å². The normalized spacial score (nSPS) is 33.2. The quantitative estimate of drug-likeness (QED) is 0.711. The van der Waals surface area contributed by atoms with E-state index in [-0.39, 0.29) is 5.54 Å². The summed E-state index contributed by atoms with van der Waals surface area (Å²) in [5.41, 5.74) is 6.04. The van der Waals surface area contributed by atoms with Crippen LogP contribution in [0.15, 0.2) is 0 Å². The highest BCUT2D eigenvalue weighted by Gasteiger charge is 2.36. The van der Waals surface area contributed by atoms with Crippen LogP contribution >= 0.6 is 0 Å². The maximum Gasteiger partial charge on any atom is 0.170 e. The lowest BCUT2D eigenvalue weighted by Crippen LogP contribution is -2.43. The molecule has 0 amide bonds. The Labute approximate surface area is 83.7 Å². The Morgan fingerprint density at radius 3 is 2.93 bits per heavy atom. The largest absolute Gasteiger partial charge is 0.319 e. The Morgan fingerprint density at radius 1 is 1.57 bits per heavy atom. The Balaban J connectivity index is 2.27. The molecule has 2 unspecified atom stereocenters. The van der Waals surface area contributed by atoms with Crippen LogP contribution in [0.3, 0.4) is 0 Å². The molecule has 1 aromatic rings. The molecule has 14 heavy (non-hydrogen) atoms. The Morgan fingerprint density at radius 2 is 2.36 bits per heavy atom. The summed E-state index contributed by atoms with van der Waals surface area (Å²) in [5.74, 6) is 1.49. The average molecular weight is 195 g/mol. The second-order valence-corrected chi connectivity index (χ2v) is 4.48. The molecule has 0 spiro atoms. The van der Waals surface area contributed by atoms with Crippen LogP contribution in [0.25, 0.3) is 0 Å². The minimum atomic E-state index is -0.310. The second-order valence-electron chi connectivity index (χ2n) is 4.48. The molecule has 1 heterocycles. The molecule has 1 fully saturated rings. The van der Waals surface area contributed by atoms with Crippen LogP contribution in [0, 0.1) is 5.92 Å². The number of aryl methyl sites for hydroxylation is 1. The van der Waals surface area contributed by atoms with Crippen LogP contribution < -0.4 is 5.73 Å². The lowest BCUT2D eigenvalue weighted by atomic mass is 9.76. The Bertz CT molecular complexity index is 321. The van der Waals surface area contributed by atoms with Crippen molar-refractivity contribution in [1.29, 1.82) is 0 Å². The van der Waals surface area contributed by atoms with Gasteiger partial charge < -0.3 is 5.73 Å². The molecule has 2 N–H and O–H groups in total. The zero-order valence-electron chi connectivity index (χ0n) is 8.77. The summed E-state index contributed by atoms with van der Waals surface area (Å²) in [6.45, 7) is 2.24. The smallest absolute Gasteiger partial charge is 0.170 e. The van der Waals surface area contributed by atoms with E-state index in [0.29, 0.717) is 5.92 Å². The van der Waals surface area contributed by atoms with Gasteiger partial charge in [0, 0.05) is 7.05 Å². The molecule has 5 heteroatoms. The topological polar surface area (TPSA) is 69.6 Å². The van der Waals surface area contributed by atoms with Gasteiger partial charge in [-0.2, -0.15) is 0 Å². The molecule has 0 radical (unpaired) electrons. The van der Waals surface area contributed by atoms with Crippen LogP contribution in [0.2, 0.25) is 0 Å². The van der Waals surface area contributed by atoms with Crippen molar-refractivity contribution in [1.82, 2.24) is 20.2 Å². The summed E-state index contributed by atoms with van der Waals surface area (Å²) in [6, 6.07) is 0. The third-order valence-electron chi connectivity index (χ3n) is 3.10. The van der Waals surface area contributed by atoms with Crippen molar-refractivity contribution in [3.8, 4) is 0 Å². The molecule has 1 aromatic heterocycles. The molecular weight excluding hydrogens is 178 g/mol.